The van der Waals surface area contributed by atoms with Crippen LogP contribution in [0.1, 0.15) is 16.1 Å². The van der Waals surface area contributed by atoms with Crippen LogP contribution in [0.15, 0.2) is 94.6 Å². The van der Waals surface area contributed by atoms with Crippen molar-refractivity contribution in [2.75, 3.05) is 11.9 Å². The van der Waals surface area contributed by atoms with Crippen molar-refractivity contribution in [2.24, 2.45) is 5.10 Å². The zero-order valence-corrected chi connectivity index (χ0v) is 16.4. The van der Waals surface area contributed by atoms with Gasteiger partial charge in [-0.15, -0.1) is 0 Å². The summed E-state index contributed by atoms with van der Waals surface area (Å²) in [7, 11) is 0. The number of anilines is 1. The molecule has 0 atom stereocenters. The zero-order valence-electron chi connectivity index (χ0n) is 16.4. The van der Waals surface area contributed by atoms with Crippen LogP contribution < -0.4 is 15.5 Å². The van der Waals surface area contributed by atoms with Crippen LogP contribution in [0.4, 0.5) is 5.69 Å². The van der Waals surface area contributed by atoms with Crippen molar-refractivity contribution >= 4 is 34.6 Å². The van der Waals surface area contributed by atoms with Crippen LogP contribution in [-0.2, 0) is 4.79 Å². The van der Waals surface area contributed by atoms with Crippen molar-refractivity contribution in [1.82, 2.24) is 5.43 Å². The number of nitrogens with one attached hydrogen (secondary N) is 2. The second kappa shape index (κ2) is 9.41. The van der Waals surface area contributed by atoms with E-state index in [1.807, 2.05) is 42.5 Å². The van der Waals surface area contributed by atoms with Gasteiger partial charge < -0.3 is 14.5 Å². The third kappa shape index (κ3) is 5.16. The highest BCUT2D eigenvalue weighted by atomic mass is 16.5. The Morgan fingerprint density at radius 2 is 1.74 bits per heavy atom. The molecule has 0 aliphatic carbocycles. The highest BCUT2D eigenvalue weighted by Gasteiger charge is 2.11. The Bertz CT molecular complexity index is 1210. The minimum absolute atomic E-state index is 0.0903. The summed E-state index contributed by atoms with van der Waals surface area (Å²) in [5.74, 6) is -0.335. The monoisotopic (exact) mass is 413 g/mol. The molecule has 7 nitrogen and oxygen atoms in total. The van der Waals surface area contributed by atoms with Crippen LogP contribution in [0.3, 0.4) is 0 Å². The van der Waals surface area contributed by atoms with Crippen molar-refractivity contribution in [3.63, 3.8) is 0 Å². The number of hydrogen-bond acceptors (Lipinski definition) is 6. The first-order chi connectivity index (χ1) is 15.2. The summed E-state index contributed by atoms with van der Waals surface area (Å²) in [4.78, 5) is 23.9. The Morgan fingerprint density at radius 1 is 0.935 bits per heavy atom. The molecule has 1 heterocycles. The standard InChI is InChI=1S/C24H19N3O4/c28-23(16-25-21-8-3-6-18-5-1-2-7-20(18)21)27-26-15-17-10-12-19(13-11-17)31-24(29)22-9-4-14-30-22/h1-15,25H,16H2,(H,27,28). The maximum atomic E-state index is 12.1. The maximum Gasteiger partial charge on any atom is 0.379 e. The van der Waals surface area contributed by atoms with E-state index in [4.69, 9.17) is 9.15 Å². The minimum atomic E-state index is -0.572. The molecular formula is C24H19N3O4. The van der Waals surface area contributed by atoms with Gasteiger partial charge in [0.2, 0.25) is 5.76 Å². The molecule has 2 N–H and O–H groups in total. The molecule has 0 saturated heterocycles. The van der Waals surface area contributed by atoms with Gasteiger partial charge in [0, 0.05) is 11.1 Å². The molecule has 0 fully saturated rings. The van der Waals surface area contributed by atoms with Crippen LogP contribution in [0.5, 0.6) is 5.75 Å². The van der Waals surface area contributed by atoms with E-state index < -0.39 is 5.97 Å². The third-order valence-corrected chi connectivity index (χ3v) is 4.44. The number of esters is 1. The Morgan fingerprint density at radius 3 is 2.55 bits per heavy atom. The summed E-state index contributed by atoms with van der Waals surface area (Å²) in [6.07, 6.45) is 2.91. The lowest BCUT2D eigenvalue weighted by atomic mass is 10.1. The molecule has 0 aliphatic heterocycles. The fourth-order valence-electron chi connectivity index (χ4n) is 2.95. The van der Waals surface area contributed by atoms with Gasteiger partial charge in [0.05, 0.1) is 19.0 Å². The number of nitrogens with zero attached hydrogens (tertiary/aromatic N) is 1. The van der Waals surface area contributed by atoms with Crippen molar-refractivity contribution in [2.45, 2.75) is 0 Å². The van der Waals surface area contributed by atoms with Gasteiger partial charge >= 0.3 is 5.97 Å². The second-order valence-corrected chi connectivity index (χ2v) is 6.61. The van der Waals surface area contributed by atoms with E-state index in [1.165, 1.54) is 18.5 Å². The summed E-state index contributed by atoms with van der Waals surface area (Å²) < 4.78 is 10.2. The number of carbonyl (C=O) groups excluding carboxylic acids is 2. The van der Waals surface area contributed by atoms with Gasteiger partial charge in [-0.05, 0) is 53.4 Å². The molecule has 1 aromatic heterocycles. The molecule has 0 bridgehead atoms. The van der Waals surface area contributed by atoms with Crippen LogP contribution >= 0.6 is 0 Å². The zero-order chi connectivity index (χ0) is 21.5. The van der Waals surface area contributed by atoms with E-state index >= 15 is 0 Å². The third-order valence-electron chi connectivity index (χ3n) is 4.44. The van der Waals surface area contributed by atoms with Crippen LogP contribution in [0.25, 0.3) is 10.8 Å². The normalized spacial score (nSPS) is 10.8. The number of benzene rings is 3. The van der Waals surface area contributed by atoms with Gasteiger partial charge in [-0.2, -0.15) is 5.10 Å². The van der Waals surface area contributed by atoms with Gasteiger partial charge in [0.1, 0.15) is 5.75 Å². The molecule has 7 heteroatoms. The first-order valence-electron chi connectivity index (χ1n) is 9.58. The summed E-state index contributed by atoms with van der Waals surface area (Å²) in [5, 5.41) is 9.24. The molecule has 154 valence electrons. The van der Waals surface area contributed by atoms with Gasteiger partial charge in [-0.25, -0.2) is 10.2 Å². The minimum Gasteiger partial charge on any atom is -0.457 e. The molecular weight excluding hydrogens is 394 g/mol. The highest BCUT2D eigenvalue weighted by Crippen LogP contribution is 2.22. The lowest BCUT2D eigenvalue weighted by molar-refractivity contribution is -0.119. The first-order valence-corrected chi connectivity index (χ1v) is 9.58. The molecule has 1 amide bonds. The Labute approximate surface area is 178 Å². The van der Waals surface area contributed by atoms with Gasteiger partial charge in [0.15, 0.2) is 0 Å². The number of rotatable bonds is 7. The first kappa shape index (κ1) is 19.9. The topological polar surface area (TPSA) is 92.9 Å². The SMILES string of the molecule is O=C(CNc1cccc2ccccc12)NN=Cc1ccc(OC(=O)c2ccco2)cc1. The Kier molecular flexibility index (Phi) is 6.04. The summed E-state index contributed by atoms with van der Waals surface area (Å²) in [6, 6.07) is 23.7. The quantitative estimate of drug-likeness (QED) is 0.205. The van der Waals surface area contributed by atoms with E-state index in [0.29, 0.717) is 5.75 Å². The van der Waals surface area contributed by atoms with E-state index in [9.17, 15) is 9.59 Å². The second-order valence-electron chi connectivity index (χ2n) is 6.61. The number of amides is 1. The van der Waals surface area contributed by atoms with Crippen molar-refractivity contribution < 1.29 is 18.7 Å². The fourth-order valence-corrected chi connectivity index (χ4v) is 2.95. The fraction of sp³-hybridized carbons (Fsp3) is 0.0417. The average molecular weight is 413 g/mol. The van der Waals surface area contributed by atoms with Crippen molar-refractivity contribution in [3.05, 3.63) is 96.4 Å². The average Bonchev–Trinajstić information content (AvgIpc) is 3.34. The van der Waals surface area contributed by atoms with Gasteiger partial charge in [0.25, 0.3) is 5.91 Å². The molecule has 31 heavy (non-hydrogen) atoms. The summed E-state index contributed by atoms with van der Waals surface area (Å²) >= 11 is 0. The number of fused-ring (bicyclic) bond motifs is 1. The lowest BCUT2D eigenvalue weighted by Crippen LogP contribution is -2.25. The molecule has 3 aromatic carbocycles. The van der Waals surface area contributed by atoms with Crippen LogP contribution in [0, 0.1) is 0 Å². The van der Waals surface area contributed by atoms with Crippen LogP contribution in [0.2, 0.25) is 0 Å². The summed E-state index contributed by atoms with van der Waals surface area (Å²) in [5.41, 5.74) is 4.11. The van der Waals surface area contributed by atoms with Crippen molar-refractivity contribution in [3.8, 4) is 5.75 Å². The Balaban J connectivity index is 1.27. The molecule has 4 aromatic rings. The smallest absolute Gasteiger partial charge is 0.379 e. The van der Waals surface area contributed by atoms with Crippen LogP contribution in [-0.4, -0.2) is 24.6 Å². The molecule has 0 aliphatic rings. The highest BCUT2D eigenvalue weighted by molar-refractivity contribution is 5.95. The predicted molar refractivity (Wildman–Crippen MR) is 118 cm³/mol. The van der Waals surface area contributed by atoms with E-state index in [0.717, 1.165) is 22.0 Å². The molecule has 0 spiro atoms. The number of ether oxygens (including phenoxy) is 1. The molecule has 0 saturated carbocycles. The number of carbonyl (C=O) groups is 2. The predicted octanol–water partition coefficient (Wildman–Crippen LogP) is 4.21. The largest absolute Gasteiger partial charge is 0.457 e. The number of hydrazone groups is 1. The van der Waals surface area contributed by atoms with Gasteiger partial charge in [-0.3, -0.25) is 4.79 Å². The maximum absolute atomic E-state index is 12.1. The number of hydrogen-bond donors (Lipinski definition) is 2. The Hall–Kier alpha value is -4.39. The van der Waals surface area contributed by atoms with Gasteiger partial charge in [-0.1, -0.05) is 36.4 Å². The molecule has 0 radical (unpaired) electrons. The van der Waals surface area contributed by atoms with E-state index in [2.05, 4.69) is 15.8 Å². The lowest BCUT2D eigenvalue weighted by Gasteiger charge is -2.08. The molecule has 4 rings (SSSR count). The van der Waals surface area contributed by atoms with E-state index in [1.54, 1.807) is 30.3 Å². The molecule has 0 unspecified atom stereocenters. The number of furan rings is 1. The summed E-state index contributed by atoms with van der Waals surface area (Å²) in [6.45, 7) is 0.0903. The van der Waals surface area contributed by atoms with E-state index in [-0.39, 0.29) is 18.2 Å². The van der Waals surface area contributed by atoms with Crippen molar-refractivity contribution in [1.29, 1.82) is 0 Å².